The molecule has 1 heterocycles. The summed E-state index contributed by atoms with van der Waals surface area (Å²) in [5.41, 5.74) is 1.84. The zero-order valence-corrected chi connectivity index (χ0v) is 11.8. The number of nitrogens with zero attached hydrogens (tertiary/aromatic N) is 2. The third kappa shape index (κ3) is 2.89. The van der Waals surface area contributed by atoms with E-state index in [0.717, 1.165) is 23.3 Å². The lowest BCUT2D eigenvalue weighted by Crippen LogP contribution is -2.10. The molecule has 0 saturated carbocycles. The monoisotopic (exact) mass is 280 g/mol. The molecule has 2 rings (SSSR count). The van der Waals surface area contributed by atoms with Crippen LogP contribution >= 0.6 is 11.6 Å². The lowest BCUT2D eigenvalue weighted by molar-refractivity contribution is -0.137. The van der Waals surface area contributed by atoms with E-state index in [1.54, 1.807) is 0 Å². The quantitative estimate of drug-likeness (QED) is 0.909. The van der Waals surface area contributed by atoms with Crippen LogP contribution in [0.4, 0.5) is 0 Å². The Bertz CT molecular complexity index is 607. The molecule has 102 valence electrons. The van der Waals surface area contributed by atoms with Crippen LogP contribution in [0.25, 0.3) is 11.0 Å². The smallest absolute Gasteiger partial charge is 0.303 e. The lowest BCUT2D eigenvalue weighted by atomic mass is 10.2. The first-order valence-electron chi connectivity index (χ1n) is 6.41. The molecule has 0 aliphatic carbocycles. The third-order valence-corrected chi connectivity index (χ3v) is 3.55. The zero-order chi connectivity index (χ0) is 14.0. The number of imidazole rings is 1. The molecule has 0 saturated heterocycles. The number of carboxylic acid groups (broad SMARTS) is 1. The van der Waals surface area contributed by atoms with Crippen molar-refractivity contribution in [3.63, 3.8) is 0 Å². The van der Waals surface area contributed by atoms with Crippen LogP contribution in [0, 0.1) is 0 Å². The molecule has 4 nitrogen and oxygen atoms in total. The van der Waals surface area contributed by atoms with E-state index in [-0.39, 0.29) is 12.5 Å². The number of hydrogen-bond acceptors (Lipinski definition) is 2. The summed E-state index contributed by atoms with van der Waals surface area (Å²) >= 11 is 5.98. The highest BCUT2D eigenvalue weighted by Gasteiger charge is 2.15. The number of carboxylic acids is 1. The standard InChI is InChI=1S/C14H17ClN2O2/c1-3-9(2)17-12-5-4-10(15)8-11(12)16-13(17)6-7-14(18)19/h4-5,8-9H,3,6-7H2,1-2H3,(H,18,19)/t9-/m0/s1. The molecule has 1 N–H and O–H groups in total. The van der Waals surface area contributed by atoms with Gasteiger partial charge in [-0.2, -0.15) is 0 Å². The molecule has 0 aliphatic rings. The molecule has 1 aromatic carbocycles. The highest BCUT2D eigenvalue weighted by atomic mass is 35.5. The van der Waals surface area contributed by atoms with Crippen molar-refractivity contribution in [3.8, 4) is 0 Å². The molecular formula is C14H17ClN2O2. The minimum Gasteiger partial charge on any atom is -0.481 e. The van der Waals surface area contributed by atoms with E-state index >= 15 is 0 Å². The van der Waals surface area contributed by atoms with Gasteiger partial charge in [-0.3, -0.25) is 4.79 Å². The molecule has 0 radical (unpaired) electrons. The molecule has 0 bridgehead atoms. The molecule has 5 heteroatoms. The summed E-state index contributed by atoms with van der Waals surface area (Å²) in [6.45, 7) is 4.22. The Labute approximate surface area is 117 Å². The third-order valence-electron chi connectivity index (χ3n) is 3.32. The van der Waals surface area contributed by atoms with E-state index in [1.807, 2.05) is 18.2 Å². The van der Waals surface area contributed by atoms with Gasteiger partial charge in [0.25, 0.3) is 0 Å². The largest absolute Gasteiger partial charge is 0.481 e. The van der Waals surface area contributed by atoms with Crippen LogP contribution in [0.2, 0.25) is 5.02 Å². The number of hydrogen-bond donors (Lipinski definition) is 1. The van der Waals surface area contributed by atoms with Gasteiger partial charge >= 0.3 is 5.97 Å². The van der Waals surface area contributed by atoms with Crippen molar-refractivity contribution >= 4 is 28.6 Å². The predicted molar refractivity (Wildman–Crippen MR) is 75.7 cm³/mol. The SMILES string of the molecule is CC[C@H](C)n1c(CCC(=O)O)nc2cc(Cl)ccc21. The molecule has 1 aromatic heterocycles. The fourth-order valence-electron chi connectivity index (χ4n) is 2.19. The Hall–Kier alpha value is -1.55. The van der Waals surface area contributed by atoms with Gasteiger partial charge in [0.2, 0.25) is 0 Å². The molecule has 19 heavy (non-hydrogen) atoms. The van der Waals surface area contributed by atoms with E-state index in [2.05, 4.69) is 23.4 Å². The summed E-state index contributed by atoms with van der Waals surface area (Å²) in [6.07, 6.45) is 1.49. The number of aryl methyl sites for hydroxylation is 1. The van der Waals surface area contributed by atoms with Gasteiger partial charge < -0.3 is 9.67 Å². The highest BCUT2D eigenvalue weighted by Crippen LogP contribution is 2.26. The second-order valence-corrected chi connectivity index (χ2v) is 5.12. The first kappa shape index (κ1) is 13.9. The second kappa shape index (κ2) is 5.61. The summed E-state index contributed by atoms with van der Waals surface area (Å²) in [5.74, 6) is 0.00908. The minimum atomic E-state index is -0.805. The molecule has 0 fully saturated rings. The van der Waals surface area contributed by atoms with Crippen LogP contribution in [0.3, 0.4) is 0 Å². The maximum absolute atomic E-state index is 10.7. The highest BCUT2D eigenvalue weighted by molar-refractivity contribution is 6.31. The van der Waals surface area contributed by atoms with Crippen LogP contribution in [-0.4, -0.2) is 20.6 Å². The van der Waals surface area contributed by atoms with Crippen molar-refractivity contribution in [2.45, 2.75) is 39.2 Å². The van der Waals surface area contributed by atoms with E-state index in [0.29, 0.717) is 11.4 Å². The van der Waals surface area contributed by atoms with Gasteiger partial charge in [-0.25, -0.2) is 4.98 Å². The number of fused-ring (bicyclic) bond motifs is 1. The Kier molecular flexibility index (Phi) is 4.10. The fraction of sp³-hybridized carbons (Fsp3) is 0.429. The molecule has 1 atom stereocenters. The first-order chi connectivity index (χ1) is 9.02. The van der Waals surface area contributed by atoms with Crippen molar-refractivity contribution < 1.29 is 9.90 Å². The van der Waals surface area contributed by atoms with E-state index in [9.17, 15) is 4.79 Å². The zero-order valence-electron chi connectivity index (χ0n) is 11.1. The van der Waals surface area contributed by atoms with Gasteiger partial charge in [0, 0.05) is 17.5 Å². The predicted octanol–water partition coefficient (Wildman–Crippen LogP) is 3.68. The molecular weight excluding hydrogens is 264 g/mol. The molecule has 0 aliphatic heterocycles. The number of carbonyl (C=O) groups is 1. The maximum Gasteiger partial charge on any atom is 0.303 e. The van der Waals surface area contributed by atoms with E-state index in [4.69, 9.17) is 16.7 Å². The number of rotatable bonds is 5. The summed E-state index contributed by atoms with van der Waals surface area (Å²) in [5, 5.41) is 9.47. The van der Waals surface area contributed by atoms with Crippen molar-refractivity contribution in [1.82, 2.24) is 9.55 Å². The first-order valence-corrected chi connectivity index (χ1v) is 6.79. The van der Waals surface area contributed by atoms with Crippen LogP contribution in [0.1, 0.15) is 38.6 Å². The van der Waals surface area contributed by atoms with Crippen LogP contribution < -0.4 is 0 Å². The van der Waals surface area contributed by atoms with Gasteiger partial charge in [-0.15, -0.1) is 0 Å². The minimum absolute atomic E-state index is 0.0908. The van der Waals surface area contributed by atoms with Gasteiger partial charge in [0.05, 0.1) is 17.5 Å². The van der Waals surface area contributed by atoms with Crippen molar-refractivity contribution in [1.29, 1.82) is 0 Å². The Balaban J connectivity index is 2.50. The second-order valence-electron chi connectivity index (χ2n) is 4.68. The van der Waals surface area contributed by atoms with E-state index < -0.39 is 5.97 Å². The number of aliphatic carboxylic acids is 1. The Morgan fingerprint density at radius 3 is 2.89 bits per heavy atom. The molecule has 0 amide bonds. The van der Waals surface area contributed by atoms with Crippen LogP contribution in [0.15, 0.2) is 18.2 Å². The molecule has 0 unspecified atom stereocenters. The lowest BCUT2D eigenvalue weighted by Gasteiger charge is -2.15. The number of halogens is 1. The average molecular weight is 281 g/mol. The van der Waals surface area contributed by atoms with Crippen molar-refractivity contribution in [2.24, 2.45) is 0 Å². The van der Waals surface area contributed by atoms with Gasteiger partial charge in [0.15, 0.2) is 0 Å². The summed E-state index contributed by atoms with van der Waals surface area (Å²) in [7, 11) is 0. The summed E-state index contributed by atoms with van der Waals surface area (Å²) in [4.78, 5) is 15.3. The van der Waals surface area contributed by atoms with Crippen molar-refractivity contribution in [3.05, 3.63) is 29.0 Å². The topological polar surface area (TPSA) is 55.1 Å². The normalized spacial score (nSPS) is 12.8. The Morgan fingerprint density at radius 2 is 2.26 bits per heavy atom. The maximum atomic E-state index is 10.7. The van der Waals surface area contributed by atoms with Crippen LogP contribution in [0.5, 0.6) is 0 Å². The molecule has 2 aromatic rings. The van der Waals surface area contributed by atoms with E-state index in [1.165, 1.54) is 0 Å². The summed E-state index contributed by atoms with van der Waals surface area (Å²) < 4.78 is 2.12. The fourth-order valence-corrected chi connectivity index (χ4v) is 2.36. The van der Waals surface area contributed by atoms with Gasteiger partial charge in [-0.05, 0) is 31.5 Å². The number of aromatic nitrogens is 2. The molecule has 0 spiro atoms. The summed E-state index contributed by atoms with van der Waals surface area (Å²) in [6, 6.07) is 5.89. The number of benzene rings is 1. The van der Waals surface area contributed by atoms with Gasteiger partial charge in [-0.1, -0.05) is 18.5 Å². The Morgan fingerprint density at radius 1 is 1.53 bits per heavy atom. The van der Waals surface area contributed by atoms with Crippen molar-refractivity contribution in [2.75, 3.05) is 0 Å². The van der Waals surface area contributed by atoms with Gasteiger partial charge in [0.1, 0.15) is 5.82 Å². The average Bonchev–Trinajstić information content (AvgIpc) is 2.72. The van der Waals surface area contributed by atoms with Crippen LogP contribution in [-0.2, 0) is 11.2 Å².